The van der Waals surface area contributed by atoms with Crippen molar-refractivity contribution in [2.75, 3.05) is 41.3 Å². The fraction of sp³-hybridized carbons (Fsp3) is 0.238. The highest BCUT2D eigenvalue weighted by molar-refractivity contribution is 9.10. The van der Waals surface area contributed by atoms with Crippen molar-refractivity contribution in [1.29, 1.82) is 0 Å². The second-order valence-electron chi connectivity index (χ2n) is 6.69. The highest BCUT2D eigenvalue weighted by Gasteiger charge is 2.18. The molecular formula is C21H21BrFN5. The minimum absolute atomic E-state index is 0.199. The van der Waals surface area contributed by atoms with Crippen molar-refractivity contribution in [3.05, 3.63) is 76.8 Å². The summed E-state index contributed by atoms with van der Waals surface area (Å²) < 4.78 is 14.1. The number of hydrogen-bond acceptors (Lipinski definition) is 5. The van der Waals surface area contributed by atoms with E-state index < -0.39 is 0 Å². The van der Waals surface area contributed by atoms with Crippen LogP contribution in [0.3, 0.4) is 0 Å². The van der Waals surface area contributed by atoms with Gasteiger partial charge in [0.15, 0.2) is 0 Å². The van der Waals surface area contributed by atoms with Gasteiger partial charge in [-0.1, -0.05) is 0 Å². The van der Waals surface area contributed by atoms with Crippen LogP contribution in [0, 0.1) is 5.82 Å². The summed E-state index contributed by atoms with van der Waals surface area (Å²) in [7, 11) is 0. The predicted octanol–water partition coefficient (Wildman–Crippen LogP) is 4.32. The number of benzene rings is 1. The zero-order valence-electron chi connectivity index (χ0n) is 15.4. The van der Waals surface area contributed by atoms with Crippen molar-refractivity contribution >= 4 is 33.3 Å². The topological polar surface area (TPSA) is 44.3 Å². The average Bonchev–Trinajstić information content (AvgIpc) is 2.74. The number of halogens is 2. The van der Waals surface area contributed by atoms with Crippen LogP contribution in [0.5, 0.6) is 0 Å². The van der Waals surface area contributed by atoms with Crippen molar-refractivity contribution in [3.8, 4) is 0 Å². The van der Waals surface area contributed by atoms with Crippen LogP contribution in [-0.4, -0.2) is 36.1 Å². The molecule has 3 aromatic rings. The first-order valence-electron chi connectivity index (χ1n) is 9.23. The van der Waals surface area contributed by atoms with Crippen molar-refractivity contribution in [1.82, 2.24) is 9.97 Å². The molecule has 2 aromatic heterocycles. The Morgan fingerprint density at radius 1 is 0.929 bits per heavy atom. The predicted molar refractivity (Wildman–Crippen MR) is 114 cm³/mol. The molecule has 0 bridgehead atoms. The highest BCUT2D eigenvalue weighted by atomic mass is 79.9. The summed E-state index contributed by atoms with van der Waals surface area (Å²) in [5, 5.41) is 3.33. The first-order chi connectivity index (χ1) is 13.7. The van der Waals surface area contributed by atoms with Crippen molar-refractivity contribution in [2.24, 2.45) is 0 Å². The molecule has 0 saturated carbocycles. The number of aromatic nitrogens is 2. The van der Waals surface area contributed by atoms with E-state index in [0.29, 0.717) is 6.54 Å². The molecule has 0 amide bonds. The Balaban J connectivity index is 1.35. The second kappa shape index (κ2) is 8.56. The highest BCUT2D eigenvalue weighted by Crippen LogP contribution is 2.20. The summed E-state index contributed by atoms with van der Waals surface area (Å²) in [6.07, 6.45) is 3.63. The third kappa shape index (κ3) is 4.59. The lowest BCUT2D eigenvalue weighted by Gasteiger charge is -2.36. The molecule has 3 heterocycles. The zero-order valence-corrected chi connectivity index (χ0v) is 16.9. The summed E-state index contributed by atoms with van der Waals surface area (Å²) in [4.78, 5) is 13.5. The lowest BCUT2D eigenvalue weighted by atomic mass is 10.2. The Morgan fingerprint density at radius 2 is 1.68 bits per heavy atom. The molecule has 5 nitrogen and oxygen atoms in total. The summed E-state index contributed by atoms with van der Waals surface area (Å²) in [5.74, 6) is 1.63. The third-order valence-corrected chi connectivity index (χ3v) is 5.28. The molecule has 1 saturated heterocycles. The van der Waals surface area contributed by atoms with E-state index in [1.54, 1.807) is 6.20 Å². The van der Waals surface area contributed by atoms with Gasteiger partial charge in [0.1, 0.15) is 17.5 Å². The maximum Gasteiger partial charge on any atom is 0.128 e. The monoisotopic (exact) mass is 441 g/mol. The summed E-state index contributed by atoms with van der Waals surface area (Å²) >= 11 is 3.39. The molecule has 144 valence electrons. The van der Waals surface area contributed by atoms with Gasteiger partial charge in [-0.3, -0.25) is 0 Å². The maximum absolute atomic E-state index is 13.1. The van der Waals surface area contributed by atoms with Gasteiger partial charge >= 0.3 is 0 Å². The Morgan fingerprint density at radius 3 is 2.39 bits per heavy atom. The number of hydrogen-bond donors (Lipinski definition) is 1. The maximum atomic E-state index is 13.1. The van der Waals surface area contributed by atoms with Gasteiger partial charge in [0.25, 0.3) is 0 Å². The van der Waals surface area contributed by atoms with Gasteiger partial charge < -0.3 is 15.1 Å². The molecular weight excluding hydrogens is 421 g/mol. The normalized spacial score (nSPS) is 14.2. The second-order valence-corrected chi connectivity index (χ2v) is 7.60. The first kappa shape index (κ1) is 18.7. The fourth-order valence-electron chi connectivity index (χ4n) is 3.26. The zero-order chi connectivity index (χ0) is 19.3. The number of piperazine rings is 1. The molecule has 1 aromatic carbocycles. The third-order valence-electron chi connectivity index (χ3n) is 4.81. The molecule has 0 unspecified atom stereocenters. The number of nitrogens with zero attached hydrogens (tertiary/aromatic N) is 4. The minimum Gasteiger partial charge on any atom is -0.368 e. The van der Waals surface area contributed by atoms with Crippen LogP contribution in [-0.2, 0) is 6.54 Å². The van der Waals surface area contributed by atoms with Gasteiger partial charge in [-0.25, -0.2) is 14.4 Å². The Kier molecular flexibility index (Phi) is 5.71. The molecule has 0 spiro atoms. The van der Waals surface area contributed by atoms with Crippen molar-refractivity contribution < 1.29 is 4.39 Å². The van der Waals surface area contributed by atoms with Crippen molar-refractivity contribution in [3.63, 3.8) is 0 Å². The molecule has 1 fully saturated rings. The number of anilines is 3. The molecule has 0 aliphatic carbocycles. The standard InChI is InChI=1S/C21H21BrFN5/c22-17-1-6-20(26-15-17)25-14-16-7-8-24-21(13-16)28-11-9-27(10-12-28)19-4-2-18(23)3-5-19/h1-8,13,15H,9-12,14H2,(H,25,26). The number of nitrogens with one attached hydrogen (secondary N) is 1. The van der Waals surface area contributed by atoms with E-state index in [4.69, 9.17) is 0 Å². The van der Waals surface area contributed by atoms with Gasteiger partial charge in [-0.2, -0.15) is 0 Å². The van der Waals surface area contributed by atoms with E-state index in [2.05, 4.69) is 47.1 Å². The fourth-order valence-corrected chi connectivity index (χ4v) is 3.50. The van der Waals surface area contributed by atoms with Crippen LogP contribution in [0.1, 0.15) is 5.56 Å². The van der Waals surface area contributed by atoms with Crippen LogP contribution in [0.15, 0.2) is 65.4 Å². The summed E-state index contributed by atoms with van der Waals surface area (Å²) in [6, 6.07) is 14.8. The molecule has 1 aliphatic rings. The molecule has 1 N–H and O–H groups in total. The van der Waals surface area contributed by atoms with Gasteiger partial charge in [0.2, 0.25) is 0 Å². The molecule has 1 aliphatic heterocycles. The molecule has 0 atom stereocenters. The Hall–Kier alpha value is -2.67. The van der Waals surface area contributed by atoms with E-state index in [1.165, 1.54) is 12.1 Å². The van der Waals surface area contributed by atoms with Gasteiger partial charge in [0.05, 0.1) is 0 Å². The van der Waals surface area contributed by atoms with Gasteiger partial charge in [-0.05, 0) is 70.0 Å². The van der Waals surface area contributed by atoms with E-state index in [0.717, 1.165) is 53.5 Å². The molecule has 4 rings (SSSR count). The molecule has 0 radical (unpaired) electrons. The Labute approximate surface area is 172 Å². The van der Waals surface area contributed by atoms with E-state index in [-0.39, 0.29) is 5.82 Å². The van der Waals surface area contributed by atoms with Gasteiger partial charge in [0, 0.05) is 55.3 Å². The van der Waals surface area contributed by atoms with E-state index in [1.807, 2.05) is 36.5 Å². The lowest BCUT2D eigenvalue weighted by molar-refractivity contribution is 0.624. The summed E-state index contributed by atoms with van der Waals surface area (Å²) in [6.45, 7) is 4.24. The van der Waals surface area contributed by atoms with Crippen molar-refractivity contribution in [2.45, 2.75) is 6.54 Å². The lowest BCUT2D eigenvalue weighted by Crippen LogP contribution is -2.46. The molecule has 28 heavy (non-hydrogen) atoms. The summed E-state index contributed by atoms with van der Waals surface area (Å²) in [5.41, 5.74) is 2.23. The van der Waals surface area contributed by atoms with Crippen LogP contribution in [0.25, 0.3) is 0 Å². The first-order valence-corrected chi connectivity index (χ1v) is 10.0. The van der Waals surface area contributed by atoms with Crippen LogP contribution in [0.4, 0.5) is 21.7 Å². The number of pyridine rings is 2. The van der Waals surface area contributed by atoms with Gasteiger partial charge in [-0.15, -0.1) is 0 Å². The number of rotatable bonds is 5. The SMILES string of the molecule is Fc1ccc(N2CCN(c3cc(CNc4ccc(Br)cn4)ccn3)CC2)cc1. The minimum atomic E-state index is -0.199. The van der Waals surface area contributed by atoms with Crippen LogP contribution in [0.2, 0.25) is 0 Å². The van der Waals surface area contributed by atoms with Crippen LogP contribution < -0.4 is 15.1 Å². The quantitative estimate of drug-likeness (QED) is 0.638. The Bertz CT molecular complexity index is 909. The average molecular weight is 442 g/mol. The van der Waals surface area contributed by atoms with Crippen LogP contribution >= 0.6 is 15.9 Å². The largest absolute Gasteiger partial charge is 0.368 e. The smallest absolute Gasteiger partial charge is 0.128 e. The van der Waals surface area contributed by atoms with E-state index >= 15 is 0 Å². The van der Waals surface area contributed by atoms with E-state index in [9.17, 15) is 4.39 Å². The molecule has 7 heteroatoms.